The largest absolute Gasteiger partial charge is 0.382 e. The highest BCUT2D eigenvalue weighted by Gasteiger charge is 2.22. The van der Waals surface area contributed by atoms with Crippen LogP contribution in [0.5, 0.6) is 0 Å². The van der Waals surface area contributed by atoms with Gasteiger partial charge in [-0.25, -0.2) is 4.98 Å². The van der Waals surface area contributed by atoms with E-state index in [9.17, 15) is 4.79 Å². The third-order valence-electron chi connectivity index (χ3n) is 4.33. The Kier molecular flexibility index (Phi) is 5.14. The lowest BCUT2D eigenvalue weighted by molar-refractivity contribution is 0.731. The SMILES string of the molecule is CC(Nc1nc(N)nc(N)c1Cl)c1nc2c(Cl)ccc(Cl)c2c(=O)n1-c1cn[nH]c1. The lowest BCUT2D eigenvalue weighted by Gasteiger charge is -2.20. The number of nitrogens with two attached hydrogens (primary N) is 2. The first-order valence-corrected chi connectivity index (χ1v) is 9.66. The molecular formula is C17H14Cl3N9O. The van der Waals surface area contributed by atoms with Crippen LogP contribution in [0.4, 0.5) is 17.6 Å². The van der Waals surface area contributed by atoms with Crippen LogP contribution in [0.25, 0.3) is 16.6 Å². The molecule has 0 bridgehead atoms. The Morgan fingerprint density at radius 3 is 2.57 bits per heavy atom. The highest BCUT2D eigenvalue weighted by Crippen LogP contribution is 2.31. The Hall–Kier alpha value is -3.08. The number of nitrogens with one attached hydrogen (secondary N) is 2. The summed E-state index contributed by atoms with van der Waals surface area (Å²) in [7, 11) is 0. The van der Waals surface area contributed by atoms with E-state index >= 15 is 0 Å². The zero-order valence-corrected chi connectivity index (χ0v) is 17.6. The van der Waals surface area contributed by atoms with Crippen LogP contribution in [0.15, 0.2) is 29.3 Å². The quantitative estimate of drug-likeness (QED) is 0.357. The fourth-order valence-corrected chi connectivity index (χ4v) is 3.56. The molecule has 0 amide bonds. The summed E-state index contributed by atoms with van der Waals surface area (Å²) in [6.45, 7) is 1.76. The highest BCUT2D eigenvalue weighted by atomic mass is 35.5. The van der Waals surface area contributed by atoms with Gasteiger partial charge in [-0.3, -0.25) is 14.5 Å². The molecular weight excluding hydrogens is 453 g/mol. The molecule has 10 nitrogen and oxygen atoms in total. The van der Waals surface area contributed by atoms with Crippen molar-refractivity contribution in [1.29, 1.82) is 0 Å². The van der Waals surface area contributed by atoms with Gasteiger partial charge in [0.05, 0.1) is 38.9 Å². The molecule has 0 aliphatic carbocycles. The minimum Gasteiger partial charge on any atom is -0.382 e. The molecule has 6 N–H and O–H groups in total. The molecule has 4 rings (SSSR count). The molecule has 0 aliphatic rings. The van der Waals surface area contributed by atoms with E-state index in [1.165, 1.54) is 10.8 Å². The molecule has 1 atom stereocenters. The van der Waals surface area contributed by atoms with E-state index in [4.69, 9.17) is 46.3 Å². The number of H-pyrrole nitrogens is 1. The Morgan fingerprint density at radius 1 is 1.13 bits per heavy atom. The van der Waals surface area contributed by atoms with Crippen molar-refractivity contribution in [3.63, 3.8) is 0 Å². The van der Waals surface area contributed by atoms with E-state index < -0.39 is 11.6 Å². The number of nitrogen functional groups attached to an aromatic ring is 2. The summed E-state index contributed by atoms with van der Waals surface area (Å²) >= 11 is 18.8. The van der Waals surface area contributed by atoms with Crippen LogP contribution in [-0.2, 0) is 0 Å². The van der Waals surface area contributed by atoms with Crippen molar-refractivity contribution >= 4 is 63.3 Å². The number of hydrogen-bond acceptors (Lipinski definition) is 8. The summed E-state index contributed by atoms with van der Waals surface area (Å²) in [6.07, 6.45) is 3.04. The fourth-order valence-electron chi connectivity index (χ4n) is 2.99. The Balaban J connectivity index is 1.95. The van der Waals surface area contributed by atoms with Crippen molar-refractivity contribution in [3.8, 4) is 5.69 Å². The standard InChI is InChI=1S/C17H14Cl3N9O/c1-6(25-14-11(20)13(21)27-17(22)28-14)15-26-12-9(19)3-2-8(18)10(12)16(30)29(15)7-4-23-24-5-7/h2-6H,1H3,(H,23,24)(H5,21,22,25,27,28). The Bertz CT molecular complexity index is 1320. The number of anilines is 3. The third kappa shape index (κ3) is 3.38. The lowest BCUT2D eigenvalue weighted by Crippen LogP contribution is -2.27. The molecule has 0 spiro atoms. The second-order valence-corrected chi connectivity index (χ2v) is 7.51. The first-order valence-electron chi connectivity index (χ1n) is 8.52. The van der Waals surface area contributed by atoms with Gasteiger partial charge in [-0.2, -0.15) is 15.1 Å². The van der Waals surface area contributed by atoms with Crippen molar-refractivity contribution < 1.29 is 0 Å². The van der Waals surface area contributed by atoms with Crippen molar-refractivity contribution in [2.75, 3.05) is 16.8 Å². The van der Waals surface area contributed by atoms with Gasteiger partial charge in [0.2, 0.25) is 5.95 Å². The van der Waals surface area contributed by atoms with Gasteiger partial charge in [0.25, 0.3) is 5.56 Å². The average molecular weight is 467 g/mol. The molecule has 4 aromatic rings. The first kappa shape index (κ1) is 20.2. The van der Waals surface area contributed by atoms with Gasteiger partial charge in [-0.05, 0) is 19.1 Å². The zero-order valence-electron chi connectivity index (χ0n) is 15.3. The van der Waals surface area contributed by atoms with E-state index in [-0.39, 0.29) is 43.6 Å². The fraction of sp³-hybridized carbons (Fsp3) is 0.118. The number of nitrogens with zero attached hydrogens (tertiary/aromatic N) is 5. The predicted molar refractivity (Wildman–Crippen MR) is 117 cm³/mol. The lowest BCUT2D eigenvalue weighted by atomic mass is 10.2. The molecule has 1 aromatic carbocycles. The van der Waals surface area contributed by atoms with Crippen LogP contribution < -0.4 is 22.3 Å². The molecule has 0 radical (unpaired) electrons. The summed E-state index contributed by atoms with van der Waals surface area (Å²) in [5.41, 5.74) is 11.7. The van der Waals surface area contributed by atoms with Crippen LogP contribution in [0.2, 0.25) is 15.1 Å². The number of rotatable bonds is 4. The normalized spacial score (nSPS) is 12.3. The number of halogens is 3. The summed E-state index contributed by atoms with van der Waals surface area (Å²) in [5, 5.41) is 10.5. The summed E-state index contributed by atoms with van der Waals surface area (Å²) in [5.74, 6) is 0.469. The molecule has 0 saturated carbocycles. The number of fused-ring (bicyclic) bond motifs is 1. The van der Waals surface area contributed by atoms with E-state index in [1.807, 2.05) is 0 Å². The number of benzene rings is 1. The smallest absolute Gasteiger partial charge is 0.267 e. The number of hydrogen-bond donors (Lipinski definition) is 4. The van der Waals surface area contributed by atoms with Crippen molar-refractivity contribution in [2.24, 2.45) is 0 Å². The van der Waals surface area contributed by atoms with Gasteiger partial charge in [-0.15, -0.1) is 0 Å². The predicted octanol–water partition coefficient (Wildman–Crippen LogP) is 3.20. The van der Waals surface area contributed by atoms with Crippen molar-refractivity contribution in [1.82, 2.24) is 29.7 Å². The van der Waals surface area contributed by atoms with Gasteiger partial charge < -0.3 is 16.8 Å². The Labute approximate surface area is 184 Å². The molecule has 0 aliphatic heterocycles. The monoisotopic (exact) mass is 465 g/mol. The number of aromatic amines is 1. The van der Waals surface area contributed by atoms with E-state index in [1.54, 1.807) is 25.3 Å². The summed E-state index contributed by atoms with van der Waals surface area (Å²) in [4.78, 5) is 25.9. The van der Waals surface area contributed by atoms with Gasteiger partial charge in [0.1, 0.15) is 16.7 Å². The maximum absolute atomic E-state index is 13.4. The van der Waals surface area contributed by atoms with E-state index in [0.29, 0.717) is 11.5 Å². The van der Waals surface area contributed by atoms with Crippen LogP contribution in [0, 0.1) is 0 Å². The molecule has 13 heteroatoms. The highest BCUT2D eigenvalue weighted by molar-refractivity contribution is 6.39. The molecule has 0 fully saturated rings. The van der Waals surface area contributed by atoms with Gasteiger partial charge in [-0.1, -0.05) is 34.8 Å². The molecule has 1 unspecified atom stereocenters. The van der Waals surface area contributed by atoms with Gasteiger partial charge >= 0.3 is 0 Å². The van der Waals surface area contributed by atoms with Crippen molar-refractivity contribution in [2.45, 2.75) is 13.0 Å². The minimum atomic E-state index is -0.585. The van der Waals surface area contributed by atoms with Gasteiger partial charge in [0.15, 0.2) is 5.82 Å². The maximum atomic E-state index is 13.4. The third-order valence-corrected chi connectivity index (χ3v) is 5.32. The maximum Gasteiger partial charge on any atom is 0.267 e. The van der Waals surface area contributed by atoms with Crippen LogP contribution in [0.3, 0.4) is 0 Å². The molecule has 3 aromatic heterocycles. The minimum absolute atomic E-state index is 0.0207. The van der Waals surface area contributed by atoms with Crippen LogP contribution >= 0.6 is 34.8 Å². The molecule has 30 heavy (non-hydrogen) atoms. The molecule has 0 saturated heterocycles. The second-order valence-electron chi connectivity index (χ2n) is 6.32. The van der Waals surface area contributed by atoms with Crippen LogP contribution in [-0.4, -0.2) is 29.7 Å². The van der Waals surface area contributed by atoms with E-state index in [0.717, 1.165) is 0 Å². The first-order chi connectivity index (χ1) is 14.3. The Morgan fingerprint density at radius 2 is 1.87 bits per heavy atom. The van der Waals surface area contributed by atoms with E-state index in [2.05, 4.69) is 30.5 Å². The molecule has 3 heterocycles. The number of aromatic nitrogens is 6. The van der Waals surface area contributed by atoms with Crippen molar-refractivity contribution in [3.05, 3.63) is 55.8 Å². The summed E-state index contributed by atoms with van der Waals surface area (Å²) in [6, 6.07) is 2.53. The summed E-state index contributed by atoms with van der Waals surface area (Å²) < 4.78 is 1.37. The average Bonchev–Trinajstić information content (AvgIpc) is 3.22. The van der Waals surface area contributed by atoms with Gasteiger partial charge in [0, 0.05) is 6.20 Å². The molecule has 154 valence electrons. The second kappa shape index (κ2) is 7.63. The zero-order chi connectivity index (χ0) is 21.6. The van der Waals surface area contributed by atoms with Crippen LogP contribution in [0.1, 0.15) is 18.8 Å². The topological polar surface area (TPSA) is 153 Å².